The highest BCUT2D eigenvalue weighted by Crippen LogP contribution is 2.35. The van der Waals surface area contributed by atoms with Gasteiger partial charge in [-0.05, 0) is 35.7 Å². The van der Waals surface area contributed by atoms with Gasteiger partial charge < -0.3 is 19.2 Å². The van der Waals surface area contributed by atoms with E-state index in [1.807, 2.05) is 48.5 Å². The summed E-state index contributed by atoms with van der Waals surface area (Å²) in [7, 11) is 0. The van der Waals surface area contributed by atoms with Gasteiger partial charge >= 0.3 is 0 Å². The van der Waals surface area contributed by atoms with E-state index in [1.165, 1.54) is 17.3 Å². The Hall–Kier alpha value is -3.00. The Kier molecular flexibility index (Phi) is 5.71. The molecule has 0 spiro atoms. The SMILES string of the molecule is CC(C)c1ccc(NC(=O)CSc2nnc([C@@H]3COc4ccccc4O3)o2)cc1. The van der Waals surface area contributed by atoms with Gasteiger partial charge in [0.25, 0.3) is 11.1 Å². The quantitative estimate of drug-likeness (QED) is 0.600. The second kappa shape index (κ2) is 8.57. The molecule has 3 aromatic rings. The van der Waals surface area contributed by atoms with Crippen molar-refractivity contribution in [2.75, 3.05) is 17.7 Å². The molecule has 2 heterocycles. The summed E-state index contributed by atoms with van der Waals surface area (Å²) < 4.78 is 17.2. The summed E-state index contributed by atoms with van der Waals surface area (Å²) in [4.78, 5) is 12.2. The molecule has 0 aliphatic carbocycles. The number of para-hydroxylation sites is 2. The Morgan fingerprint density at radius 1 is 1.14 bits per heavy atom. The number of carbonyl (C=O) groups is 1. The number of nitrogens with one attached hydrogen (secondary N) is 1. The van der Waals surface area contributed by atoms with Crippen LogP contribution in [0.3, 0.4) is 0 Å². The van der Waals surface area contributed by atoms with Crippen LogP contribution in [-0.2, 0) is 4.79 Å². The van der Waals surface area contributed by atoms with Crippen LogP contribution in [0, 0.1) is 0 Å². The first-order chi connectivity index (χ1) is 14.1. The molecule has 7 nitrogen and oxygen atoms in total. The predicted octanol–water partition coefficient (Wildman–Crippen LogP) is 4.44. The van der Waals surface area contributed by atoms with E-state index in [2.05, 4.69) is 29.4 Å². The minimum Gasteiger partial charge on any atom is -0.485 e. The van der Waals surface area contributed by atoms with Crippen LogP contribution < -0.4 is 14.8 Å². The normalized spacial score (nSPS) is 15.3. The van der Waals surface area contributed by atoms with Crippen LogP contribution in [0.4, 0.5) is 5.69 Å². The van der Waals surface area contributed by atoms with Crippen LogP contribution in [0.5, 0.6) is 11.5 Å². The molecule has 1 atom stereocenters. The third kappa shape index (κ3) is 4.71. The minimum absolute atomic E-state index is 0.141. The van der Waals surface area contributed by atoms with Crippen LogP contribution in [0.15, 0.2) is 58.2 Å². The number of anilines is 1. The number of aromatic nitrogens is 2. The first-order valence-electron chi connectivity index (χ1n) is 9.33. The van der Waals surface area contributed by atoms with Gasteiger partial charge in [-0.3, -0.25) is 4.79 Å². The van der Waals surface area contributed by atoms with Gasteiger partial charge in [-0.25, -0.2) is 0 Å². The smallest absolute Gasteiger partial charge is 0.277 e. The fourth-order valence-corrected chi connectivity index (χ4v) is 3.40. The molecular formula is C21H21N3O4S. The van der Waals surface area contributed by atoms with Crippen molar-refractivity contribution in [1.82, 2.24) is 10.2 Å². The molecule has 0 unspecified atom stereocenters. The molecule has 0 saturated carbocycles. The van der Waals surface area contributed by atoms with Crippen molar-refractivity contribution in [3.05, 3.63) is 60.0 Å². The maximum atomic E-state index is 12.2. The highest BCUT2D eigenvalue weighted by molar-refractivity contribution is 7.99. The van der Waals surface area contributed by atoms with Crippen LogP contribution in [0.1, 0.15) is 37.3 Å². The van der Waals surface area contributed by atoms with Crippen LogP contribution in [0.2, 0.25) is 0 Å². The van der Waals surface area contributed by atoms with Crippen molar-refractivity contribution < 1.29 is 18.7 Å². The molecule has 1 aliphatic heterocycles. The van der Waals surface area contributed by atoms with Gasteiger partial charge in [0, 0.05) is 5.69 Å². The van der Waals surface area contributed by atoms with E-state index in [1.54, 1.807) is 0 Å². The molecule has 150 valence electrons. The standard InChI is InChI=1S/C21H21N3O4S/c1-13(2)14-7-9-15(10-8-14)22-19(25)12-29-21-24-23-20(28-21)18-11-26-16-5-3-4-6-17(16)27-18/h3-10,13,18H,11-12H2,1-2H3,(H,22,25)/t18-/m0/s1. The Bertz CT molecular complexity index is 988. The molecule has 29 heavy (non-hydrogen) atoms. The lowest BCUT2D eigenvalue weighted by Gasteiger charge is -2.23. The summed E-state index contributed by atoms with van der Waals surface area (Å²) in [5, 5.41) is 11.2. The van der Waals surface area contributed by atoms with Crippen molar-refractivity contribution >= 4 is 23.4 Å². The number of hydrogen-bond donors (Lipinski definition) is 1. The Balaban J connectivity index is 1.30. The molecule has 1 N–H and O–H groups in total. The summed E-state index contributed by atoms with van der Waals surface area (Å²) in [6.07, 6.45) is -0.472. The van der Waals surface area contributed by atoms with Gasteiger partial charge in [0.05, 0.1) is 5.75 Å². The first-order valence-corrected chi connectivity index (χ1v) is 10.3. The highest BCUT2D eigenvalue weighted by Gasteiger charge is 2.27. The van der Waals surface area contributed by atoms with E-state index >= 15 is 0 Å². The van der Waals surface area contributed by atoms with E-state index in [4.69, 9.17) is 13.9 Å². The van der Waals surface area contributed by atoms with Crippen molar-refractivity contribution in [1.29, 1.82) is 0 Å². The predicted molar refractivity (Wildman–Crippen MR) is 109 cm³/mol. The molecule has 8 heteroatoms. The number of thioether (sulfide) groups is 1. The van der Waals surface area contributed by atoms with Crippen molar-refractivity contribution in [3.63, 3.8) is 0 Å². The van der Waals surface area contributed by atoms with Crippen LogP contribution in [0.25, 0.3) is 0 Å². The molecule has 0 bridgehead atoms. The number of carbonyl (C=O) groups excluding carboxylic acids is 1. The number of fused-ring (bicyclic) bond motifs is 1. The van der Waals surface area contributed by atoms with Crippen molar-refractivity contribution in [2.24, 2.45) is 0 Å². The van der Waals surface area contributed by atoms with E-state index in [0.29, 0.717) is 28.5 Å². The molecule has 0 fully saturated rings. The number of benzene rings is 2. The van der Waals surface area contributed by atoms with Crippen LogP contribution in [-0.4, -0.2) is 28.5 Å². The molecule has 0 radical (unpaired) electrons. The van der Waals surface area contributed by atoms with E-state index in [9.17, 15) is 4.79 Å². The van der Waals surface area contributed by atoms with Gasteiger partial charge in [-0.1, -0.05) is 49.9 Å². The molecule has 1 aromatic heterocycles. The second-order valence-corrected chi connectivity index (χ2v) is 7.81. The zero-order chi connectivity index (χ0) is 20.2. The van der Waals surface area contributed by atoms with Gasteiger partial charge in [0.2, 0.25) is 12.0 Å². The number of nitrogens with zero attached hydrogens (tertiary/aromatic N) is 2. The molecule has 1 aliphatic rings. The summed E-state index contributed by atoms with van der Waals surface area (Å²) >= 11 is 1.18. The van der Waals surface area contributed by atoms with Crippen LogP contribution >= 0.6 is 11.8 Å². The summed E-state index contributed by atoms with van der Waals surface area (Å²) in [6.45, 7) is 4.55. The number of hydrogen-bond acceptors (Lipinski definition) is 7. The number of ether oxygens (including phenoxy) is 2. The monoisotopic (exact) mass is 411 g/mol. The second-order valence-electron chi connectivity index (χ2n) is 6.88. The van der Waals surface area contributed by atoms with Gasteiger partial charge in [-0.15, -0.1) is 10.2 Å². The molecule has 2 aromatic carbocycles. The molecule has 1 amide bonds. The molecule has 4 rings (SSSR count). The zero-order valence-corrected chi connectivity index (χ0v) is 16.9. The fraction of sp³-hybridized carbons (Fsp3) is 0.286. The Labute approximate surface area is 172 Å². The molecule has 0 saturated heterocycles. The maximum absolute atomic E-state index is 12.2. The first kappa shape index (κ1) is 19.3. The van der Waals surface area contributed by atoms with Gasteiger partial charge in [0.1, 0.15) is 6.61 Å². The van der Waals surface area contributed by atoms with Crippen molar-refractivity contribution in [3.8, 4) is 11.5 Å². The summed E-state index contributed by atoms with van der Waals surface area (Å²) in [6, 6.07) is 15.3. The lowest BCUT2D eigenvalue weighted by atomic mass is 10.0. The van der Waals surface area contributed by atoms with Crippen molar-refractivity contribution in [2.45, 2.75) is 31.1 Å². The highest BCUT2D eigenvalue weighted by atomic mass is 32.2. The topological polar surface area (TPSA) is 86.5 Å². The largest absolute Gasteiger partial charge is 0.485 e. The van der Waals surface area contributed by atoms with E-state index < -0.39 is 6.10 Å². The average molecular weight is 411 g/mol. The fourth-order valence-electron chi connectivity index (χ4n) is 2.83. The van der Waals surface area contributed by atoms with Gasteiger partial charge in [0.15, 0.2) is 11.5 Å². The Morgan fingerprint density at radius 3 is 2.66 bits per heavy atom. The average Bonchev–Trinajstić information content (AvgIpc) is 3.21. The number of rotatable bonds is 6. The summed E-state index contributed by atoms with van der Waals surface area (Å²) in [5.74, 6) is 2.13. The third-order valence-corrected chi connectivity index (χ3v) is 5.21. The van der Waals surface area contributed by atoms with E-state index in [-0.39, 0.29) is 18.3 Å². The van der Waals surface area contributed by atoms with Gasteiger partial charge in [-0.2, -0.15) is 0 Å². The summed E-state index contributed by atoms with van der Waals surface area (Å²) in [5.41, 5.74) is 1.99. The van der Waals surface area contributed by atoms with E-state index in [0.717, 1.165) is 5.69 Å². The zero-order valence-electron chi connectivity index (χ0n) is 16.1. The lowest BCUT2D eigenvalue weighted by molar-refractivity contribution is -0.113. The lowest BCUT2D eigenvalue weighted by Crippen LogP contribution is -2.21. The maximum Gasteiger partial charge on any atom is 0.277 e. The number of amides is 1. The third-order valence-electron chi connectivity index (χ3n) is 4.39. The molecular weight excluding hydrogens is 390 g/mol. The minimum atomic E-state index is -0.472. The Morgan fingerprint density at radius 2 is 1.90 bits per heavy atom.